The fourth-order valence-electron chi connectivity index (χ4n) is 2.98. The van der Waals surface area contributed by atoms with Crippen molar-refractivity contribution >= 4 is 50.9 Å². The smallest absolute Gasteiger partial charge is 0.317 e. The Kier molecular flexibility index (Phi) is 6.98. The molecule has 0 aliphatic carbocycles. The van der Waals surface area contributed by atoms with E-state index in [1.165, 1.54) is 29.4 Å². The molecule has 2 heterocycles. The molecule has 0 bridgehead atoms. The fraction of sp³-hybridized carbons (Fsp3) is 0.130. The molecule has 0 spiro atoms. The van der Waals surface area contributed by atoms with Crippen molar-refractivity contribution < 1.29 is 19.1 Å². The normalized spacial score (nSPS) is 11.7. The highest BCUT2D eigenvalue weighted by Crippen LogP contribution is 2.28. The van der Waals surface area contributed by atoms with Gasteiger partial charge in [-0.25, -0.2) is 9.97 Å². The first kappa shape index (κ1) is 21.8. The summed E-state index contributed by atoms with van der Waals surface area (Å²) in [5.41, 5.74) is 1.12. The fourth-order valence-corrected chi connectivity index (χ4v) is 4.55. The molecule has 4 aromatic rings. The molecule has 0 radical (unpaired) electrons. The van der Waals surface area contributed by atoms with Crippen molar-refractivity contribution in [2.24, 2.45) is 0 Å². The van der Waals surface area contributed by atoms with E-state index in [2.05, 4.69) is 15.3 Å². The van der Waals surface area contributed by atoms with Gasteiger partial charge in [-0.3, -0.25) is 9.59 Å². The number of nitrogens with zero attached hydrogens (tertiary/aromatic N) is 2. The quantitative estimate of drug-likeness (QED) is 0.229. The van der Waals surface area contributed by atoms with Crippen LogP contribution >= 0.6 is 23.1 Å². The zero-order valence-electron chi connectivity index (χ0n) is 17.1. The lowest BCUT2D eigenvalue weighted by Crippen LogP contribution is -2.26. The number of rotatable bonds is 8. The molecule has 7 nitrogen and oxygen atoms in total. The minimum atomic E-state index is -1.10. The van der Waals surface area contributed by atoms with Gasteiger partial charge in [0.2, 0.25) is 6.10 Å². The minimum Gasteiger partial charge on any atom is -0.497 e. The lowest BCUT2D eigenvalue weighted by molar-refractivity contribution is -0.152. The van der Waals surface area contributed by atoms with Crippen LogP contribution < -0.4 is 10.1 Å². The molecule has 0 aliphatic heterocycles. The highest BCUT2D eigenvalue weighted by atomic mass is 32.2. The van der Waals surface area contributed by atoms with E-state index in [4.69, 9.17) is 9.47 Å². The van der Waals surface area contributed by atoms with Gasteiger partial charge in [0, 0.05) is 22.7 Å². The predicted molar refractivity (Wildman–Crippen MR) is 125 cm³/mol. The number of hydrogen-bond acceptors (Lipinski definition) is 8. The summed E-state index contributed by atoms with van der Waals surface area (Å²) in [6, 6.07) is 17.8. The highest BCUT2D eigenvalue weighted by Gasteiger charge is 2.25. The van der Waals surface area contributed by atoms with Gasteiger partial charge in [0.1, 0.15) is 21.9 Å². The molecular weight excluding hydrogens is 446 g/mol. The van der Waals surface area contributed by atoms with E-state index in [0.29, 0.717) is 22.0 Å². The Balaban J connectivity index is 1.47. The van der Waals surface area contributed by atoms with Crippen molar-refractivity contribution in [3.63, 3.8) is 0 Å². The molecule has 1 atom stereocenters. The zero-order chi connectivity index (χ0) is 22.3. The molecule has 0 saturated carbocycles. The summed E-state index contributed by atoms with van der Waals surface area (Å²) in [6.07, 6.45) is 0.378. The average molecular weight is 466 g/mol. The number of benzene rings is 2. The van der Waals surface area contributed by atoms with Gasteiger partial charge < -0.3 is 14.8 Å². The van der Waals surface area contributed by atoms with Crippen LogP contribution in [0.5, 0.6) is 5.75 Å². The zero-order valence-corrected chi connectivity index (χ0v) is 18.7. The third-order valence-corrected chi connectivity index (χ3v) is 6.28. The molecule has 2 aromatic heterocycles. The van der Waals surface area contributed by atoms with Crippen molar-refractivity contribution in [1.29, 1.82) is 0 Å². The Morgan fingerprint density at radius 3 is 2.75 bits per heavy atom. The first-order valence-corrected chi connectivity index (χ1v) is 11.5. The van der Waals surface area contributed by atoms with Crippen LogP contribution in [0.4, 0.5) is 5.69 Å². The van der Waals surface area contributed by atoms with Gasteiger partial charge in [0.15, 0.2) is 0 Å². The molecule has 32 heavy (non-hydrogen) atoms. The van der Waals surface area contributed by atoms with Gasteiger partial charge in [-0.2, -0.15) is 0 Å². The summed E-state index contributed by atoms with van der Waals surface area (Å²) in [5, 5.41) is 6.31. The van der Waals surface area contributed by atoms with Crippen LogP contribution in [0.1, 0.15) is 11.7 Å². The monoisotopic (exact) mass is 465 g/mol. The number of thioether (sulfide) groups is 1. The lowest BCUT2D eigenvalue weighted by atomic mass is 10.1. The molecule has 1 unspecified atom stereocenters. The second kappa shape index (κ2) is 10.3. The Morgan fingerprint density at radius 2 is 1.94 bits per heavy atom. The maximum Gasteiger partial charge on any atom is 0.317 e. The average Bonchev–Trinajstić information content (AvgIpc) is 3.31. The van der Waals surface area contributed by atoms with Gasteiger partial charge in [-0.1, -0.05) is 48.2 Å². The Bertz CT molecular complexity index is 1230. The van der Waals surface area contributed by atoms with Crippen molar-refractivity contribution in [2.75, 3.05) is 18.2 Å². The van der Waals surface area contributed by atoms with Crippen LogP contribution in [-0.2, 0) is 14.3 Å². The van der Waals surface area contributed by atoms with Crippen molar-refractivity contribution in [1.82, 2.24) is 9.97 Å². The Labute approximate surface area is 192 Å². The number of methoxy groups -OCH3 is 1. The second-order valence-corrected chi connectivity index (χ2v) is 8.47. The lowest BCUT2D eigenvalue weighted by Gasteiger charge is -2.18. The van der Waals surface area contributed by atoms with E-state index in [1.54, 1.807) is 55.6 Å². The predicted octanol–water partition coefficient (Wildman–Crippen LogP) is 4.72. The molecule has 4 rings (SSSR count). The van der Waals surface area contributed by atoms with Crippen molar-refractivity contribution in [3.8, 4) is 5.75 Å². The first-order chi connectivity index (χ1) is 15.6. The Hall–Kier alpha value is -3.43. The van der Waals surface area contributed by atoms with E-state index >= 15 is 0 Å². The number of carbonyl (C=O) groups is 2. The van der Waals surface area contributed by atoms with Gasteiger partial charge >= 0.3 is 5.97 Å². The van der Waals surface area contributed by atoms with E-state index in [0.717, 1.165) is 10.2 Å². The molecule has 9 heteroatoms. The van der Waals surface area contributed by atoms with E-state index in [9.17, 15) is 9.59 Å². The third-order valence-electron chi connectivity index (χ3n) is 4.48. The van der Waals surface area contributed by atoms with Crippen molar-refractivity contribution in [2.45, 2.75) is 11.1 Å². The number of nitrogens with one attached hydrogen (secondary N) is 1. The Morgan fingerprint density at radius 1 is 1.09 bits per heavy atom. The van der Waals surface area contributed by atoms with Crippen molar-refractivity contribution in [3.05, 3.63) is 77.9 Å². The SMILES string of the molecule is COc1cccc(NC(=O)C(OC(=O)CSc2ncnc3sccc23)c2ccccc2)c1. The number of fused-ring (bicyclic) bond motifs is 1. The van der Waals surface area contributed by atoms with E-state index in [1.807, 2.05) is 17.5 Å². The van der Waals surface area contributed by atoms with Gasteiger partial charge in [0.25, 0.3) is 5.91 Å². The molecule has 2 aromatic carbocycles. The molecule has 162 valence electrons. The summed E-state index contributed by atoms with van der Waals surface area (Å²) in [5.74, 6) is -0.355. The number of carbonyl (C=O) groups excluding carboxylic acids is 2. The summed E-state index contributed by atoms with van der Waals surface area (Å²) >= 11 is 2.76. The number of thiophene rings is 1. The van der Waals surface area contributed by atoms with E-state index < -0.39 is 18.0 Å². The molecule has 0 saturated heterocycles. The number of hydrogen-bond donors (Lipinski definition) is 1. The summed E-state index contributed by atoms with van der Waals surface area (Å²) < 4.78 is 10.8. The standard InChI is InChI=1S/C23H19N3O4S2/c1-29-17-9-5-8-16(12-17)26-21(28)20(15-6-3-2-4-7-15)30-19(27)13-32-23-18-10-11-31-22(18)24-14-25-23/h2-12,14,20H,13H2,1H3,(H,26,28). The number of anilines is 1. The number of esters is 1. The van der Waals surface area contributed by atoms with E-state index in [-0.39, 0.29) is 5.75 Å². The van der Waals surface area contributed by atoms with Gasteiger partial charge in [-0.15, -0.1) is 11.3 Å². The number of amides is 1. The largest absolute Gasteiger partial charge is 0.497 e. The first-order valence-electron chi connectivity index (χ1n) is 9.64. The maximum absolute atomic E-state index is 13.0. The maximum atomic E-state index is 13.0. The summed E-state index contributed by atoms with van der Waals surface area (Å²) in [7, 11) is 1.55. The molecule has 0 fully saturated rings. The third kappa shape index (κ3) is 5.24. The van der Waals surface area contributed by atoms with Crippen LogP contribution in [0.15, 0.2) is 77.4 Å². The molecule has 1 N–H and O–H groups in total. The molecular formula is C23H19N3O4S2. The topological polar surface area (TPSA) is 90.4 Å². The summed E-state index contributed by atoms with van der Waals surface area (Å²) in [6.45, 7) is 0. The van der Waals surface area contributed by atoms with Crippen LogP contribution in [0.25, 0.3) is 10.2 Å². The van der Waals surface area contributed by atoms with Crippen LogP contribution in [-0.4, -0.2) is 34.7 Å². The molecule has 0 aliphatic rings. The van der Waals surface area contributed by atoms with Gasteiger partial charge in [0.05, 0.1) is 12.9 Å². The van der Waals surface area contributed by atoms with Gasteiger partial charge in [-0.05, 0) is 23.6 Å². The van der Waals surface area contributed by atoms with Crippen LogP contribution in [0.2, 0.25) is 0 Å². The summed E-state index contributed by atoms with van der Waals surface area (Å²) in [4.78, 5) is 35.0. The molecule has 1 amide bonds. The minimum absolute atomic E-state index is 0.0116. The van der Waals surface area contributed by atoms with Crippen LogP contribution in [0, 0.1) is 0 Å². The number of aromatic nitrogens is 2. The highest BCUT2D eigenvalue weighted by molar-refractivity contribution is 8.00. The van der Waals surface area contributed by atoms with Crippen LogP contribution in [0.3, 0.4) is 0 Å². The number of ether oxygens (including phenoxy) is 2. The second-order valence-electron chi connectivity index (χ2n) is 6.61.